The highest BCUT2D eigenvalue weighted by Crippen LogP contribution is 2.41. The molecule has 3 aromatic carbocycles. The average molecular weight is 709 g/mol. The first-order valence-electron chi connectivity index (χ1n) is 16.7. The molecule has 0 bridgehead atoms. The van der Waals surface area contributed by atoms with E-state index in [9.17, 15) is 5.11 Å². The smallest absolute Gasteiger partial charge is 0.218 e. The van der Waals surface area contributed by atoms with Crippen molar-refractivity contribution in [3.8, 4) is 45.5 Å². The van der Waals surface area contributed by atoms with Crippen LogP contribution >= 0.6 is 11.6 Å². The number of hydrogen-bond acceptors (Lipinski definition) is 10. The lowest BCUT2D eigenvalue weighted by Crippen LogP contribution is -2.55. The second-order valence-electron chi connectivity index (χ2n) is 13.3. The third kappa shape index (κ3) is 6.87. The summed E-state index contributed by atoms with van der Waals surface area (Å²) in [5.74, 6) is 2.16. The second-order valence-corrected chi connectivity index (χ2v) is 13.6. The lowest BCUT2D eigenvalue weighted by molar-refractivity contribution is -0.0649. The maximum Gasteiger partial charge on any atom is 0.218 e. The molecule has 0 radical (unpaired) electrons. The number of halogens is 1. The van der Waals surface area contributed by atoms with Gasteiger partial charge in [-0.2, -0.15) is 20.5 Å². The Bertz CT molecular complexity index is 2130. The van der Waals surface area contributed by atoms with E-state index in [1.54, 1.807) is 27.5 Å². The summed E-state index contributed by atoms with van der Waals surface area (Å²) in [5.41, 5.74) is 7.02. The molecule has 1 aliphatic rings. The fraction of sp³-hybridized carbons (Fsp3) is 0.316. The first-order valence-corrected chi connectivity index (χ1v) is 17.1. The van der Waals surface area contributed by atoms with E-state index in [2.05, 4.69) is 31.7 Å². The van der Waals surface area contributed by atoms with E-state index < -0.39 is 5.60 Å². The highest BCUT2D eigenvalue weighted by atomic mass is 35.5. The molecule has 6 aromatic rings. The summed E-state index contributed by atoms with van der Waals surface area (Å²) in [6.45, 7) is 7.15. The third-order valence-corrected chi connectivity index (χ3v) is 9.98. The van der Waals surface area contributed by atoms with Crippen LogP contribution in [0.3, 0.4) is 0 Å². The number of aliphatic hydroxyl groups is 1. The Hall–Kier alpha value is -5.01. The van der Waals surface area contributed by atoms with Gasteiger partial charge in [-0.1, -0.05) is 48.0 Å². The minimum Gasteiger partial charge on any atom is -0.496 e. The Balaban J connectivity index is 1.17. The van der Waals surface area contributed by atoms with Crippen molar-refractivity contribution in [2.75, 3.05) is 34.4 Å². The molecule has 3 N–H and O–H groups in total. The van der Waals surface area contributed by atoms with Crippen LogP contribution in [0.4, 0.5) is 0 Å². The lowest BCUT2D eigenvalue weighted by Gasteiger charge is -2.45. The topological polar surface area (TPSA) is 135 Å². The Morgan fingerprint density at radius 1 is 0.922 bits per heavy atom. The van der Waals surface area contributed by atoms with Gasteiger partial charge in [-0.15, -0.1) is 0 Å². The van der Waals surface area contributed by atoms with Crippen LogP contribution in [0.2, 0.25) is 5.02 Å². The third-order valence-electron chi connectivity index (χ3n) is 9.57. The van der Waals surface area contributed by atoms with Crippen LogP contribution in [0.15, 0.2) is 73.1 Å². The van der Waals surface area contributed by atoms with Crippen molar-refractivity contribution in [3.63, 3.8) is 0 Å². The molecule has 51 heavy (non-hydrogen) atoms. The van der Waals surface area contributed by atoms with Crippen LogP contribution in [0.25, 0.3) is 39.0 Å². The molecule has 0 spiro atoms. The average Bonchev–Trinajstić information content (AvgIpc) is 3.80. The minimum absolute atomic E-state index is 0.254. The van der Waals surface area contributed by atoms with E-state index in [1.807, 2.05) is 79.3 Å². The SMILES string of the molecule is COc1cc(-n2ncc3c(-c4cccc(-c5ccc(CN6CC(C(C)(C)O)C6)c(OC)n5)c4Cl)cccc32)cc(OC)c1CNCc1cn[nH]n1. The van der Waals surface area contributed by atoms with Gasteiger partial charge < -0.3 is 24.6 Å². The lowest BCUT2D eigenvalue weighted by atomic mass is 9.84. The minimum atomic E-state index is -0.682. The van der Waals surface area contributed by atoms with Crippen molar-refractivity contribution < 1.29 is 19.3 Å². The van der Waals surface area contributed by atoms with E-state index in [0.29, 0.717) is 42.0 Å². The summed E-state index contributed by atoms with van der Waals surface area (Å²) >= 11 is 7.19. The number of likely N-dealkylation sites (tertiary alicyclic amines) is 1. The van der Waals surface area contributed by atoms with E-state index in [0.717, 1.165) is 68.9 Å². The molecule has 7 rings (SSSR count). The molecule has 1 aliphatic heterocycles. The number of pyridine rings is 1. The largest absolute Gasteiger partial charge is 0.496 e. The van der Waals surface area contributed by atoms with Gasteiger partial charge in [-0.25, -0.2) is 9.67 Å². The molecule has 4 heterocycles. The van der Waals surface area contributed by atoms with Crippen LogP contribution in [0.5, 0.6) is 17.4 Å². The van der Waals surface area contributed by atoms with Crippen LogP contribution < -0.4 is 19.5 Å². The van der Waals surface area contributed by atoms with Gasteiger partial charge >= 0.3 is 0 Å². The monoisotopic (exact) mass is 708 g/mol. The number of aromatic nitrogens is 6. The van der Waals surface area contributed by atoms with Crippen molar-refractivity contribution in [3.05, 3.63) is 94.9 Å². The van der Waals surface area contributed by atoms with Gasteiger partial charge in [-0.3, -0.25) is 4.90 Å². The van der Waals surface area contributed by atoms with Gasteiger partial charge in [0.15, 0.2) is 0 Å². The predicted molar refractivity (Wildman–Crippen MR) is 196 cm³/mol. The molecule has 264 valence electrons. The van der Waals surface area contributed by atoms with Gasteiger partial charge in [0.2, 0.25) is 5.88 Å². The highest BCUT2D eigenvalue weighted by Gasteiger charge is 2.37. The molecular weight excluding hydrogens is 668 g/mol. The quantitative estimate of drug-likeness (QED) is 0.130. The maximum absolute atomic E-state index is 10.3. The molecule has 1 saturated heterocycles. The Morgan fingerprint density at radius 3 is 2.33 bits per heavy atom. The number of nitrogens with one attached hydrogen (secondary N) is 2. The van der Waals surface area contributed by atoms with E-state index in [1.165, 1.54) is 0 Å². The Kier molecular flexibility index (Phi) is 9.67. The number of fused-ring (bicyclic) bond motifs is 1. The molecule has 1 fully saturated rings. The molecule has 0 unspecified atom stereocenters. The van der Waals surface area contributed by atoms with Crippen molar-refractivity contribution in [1.82, 2.24) is 40.4 Å². The number of methoxy groups -OCH3 is 3. The number of ether oxygens (including phenoxy) is 3. The van der Waals surface area contributed by atoms with Crippen LogP contribution in [0.1, 0.15) is 30.7 Å². The summed E-state index contributed by atoms with van der Waals surface area (Å²) in [6, 6.07) is 20.0. The number of benzene rings is 3. The van der Waals surface area contributed by atoms with Crippen molar-refractivity contribution in [1.29, 1.82) is 0 Å². The Labute approximate surface area is 301 Å². The molecule has 12 nitrogen and oxygen atoms in total. The van der Waals surface area contributed by atoms with Crippen LogP contribution in [-0.4, -0.2) is 80.2 Å². The molecule has 0 atom stereocenters. The highest BCUT2D eigenvalue weighted by molar-refractivity contribution is 6.36. The second kappa shape index (κ2) is 14.3. The van der Waals surface area contributed by atoms with Crippen LogP contribution in [0, 0.1) is 5.92 Å². The predicted octanol–water partition coefficient (Wildman–Crippen LogP) is 6.04. The zero-order chi connectivity index (χ0) is 35.7. The molecule has 3 aromatic heterocycles. The van der Waals surface area contributed by atoms with Gasteiger partial charge in [-0.05, 0) is 31.5 Å². The fourth-order valence-electron chi connectivity index (χ4n) is 6.63. The van der Waals surface area contributed by atoms with Gasteiger partial charge in [0.1, 0.15) is 11.5 Å². The first-order chi connectivity index (χ1) is 24.7. The zero-order valence-corrected chi connectivity index (χ0v) is 30.0. The van der Waals surface area contributed by atoms with E-state index >= 15 is 0 Å². The van der Waals surface area contributed by atoms with Gasteiger partial charge in [0.25, 0.3) is 0 Å². The zero-order valence-electron chi connectivity index (χ0n) is 29.3. The van der Waals surface area contributed by atoms with Gasteiger partial charge in [0.05, 0.1) is 72.5 Å². The molecule has 13 heteroatoms. The summed E-state index contributed by atoms with van der Waals surface area (Å²) < 4.78 is 19.2. The first kappa shape index (κ1) is 34.4. The van der Waals surface area contributed by atoms with Crippen molar-refractivity contribution >= 4 is 22.5 Å². The number of rotatable bonds is 13. The van der Waals surface area contributed by atoms with Gasteiger partial charge in [0, 0.05) is 72.9 Å². The summed E-state index contributed by atoms with van der Waals surface area (Å²) in [5, 5.41) is 30.6. The summed E-state index contributed by atoms with van der Waals surface area (Å²) in [6.07, 6.45) is 3.54. The van der Waals surface area contributed by atoms with E-state index in [-0.39, 0.29) is 5.92 Å². The number of nitrogens with zero attached hydrogens (tertiary/aromatic N) is 6. The summed E-state index contributed by atoms with van der Waals surface area (Å²) in [7, 11) is 4.93. The fourth-order valence-corrected chi connectivity index (χ4v) is 6.95. The maximum atomic E-state index is 10.3. The number of hydrogen-bond donors (Lipinski definition) is 3. The summed E-state index contributed by atoms with van der Waals surface area (Å²) in [4.78, 5) is 7.17. The Morgan fingerprint density at radius 2 is 1.65 bits per heavy atom. The van der Waals surface area contributed by atoms with E-state index in [4.69, 9.17) is 35.9 Å². The van der Waals surface area contributed by atoms with Crippen molar-refractivity contribution in [2.45, 2.75) is 39.1 Å². The number of H-pyrrole nitrogens is 1. The molecule has 0 aliphatic carbocycles. The van der Waals surface area contributed by atoms with Crippen LogP contribution in [-0.2, 0) is 19.6 Å². The van der Waals surface area contributed by atoms with Crippen molar-refractivity contribution in [2.24, 2.45) is 5.92 Å². The normalized spacial score (nSPS) is 13.8. The molecule has 0 amide bonds. The molecule has 0 saturated carbocycles. The molecular formula is C38H41ClN8O4. The number of aromatic amines is 1. The standard InChI is InChI=1S/C38H41ClN8O4/c1-38(2,48)24-21-46(22-24)20-23-12-13-32(43-37(23)51-5)29-10-6-9-28(36(29)39)27-8-7-11-33-30(27)19-42-47(33)26-14-34(49-3)31(35(15-26)50-4)18-40-16-25-17-41-45-44-25/h6-15,17,19,24,40,48H,16,18,20-22H2,1-5H3,(H,41,44,45).